The van der Waals surface area contributed by atoms with Crippen LogP contribution < -0.4 is 10.0 Å². The molecule has 1 heterocycles. The molecule has 0 aliphatic heterocycles. The summed E-state index contributed by atoms with van der Waals surface area (Å²) in [7, 11) is -1.84. The van der Waals surface area contributed by atoms with Crippen molar-refractivity contribution in [3.63, 3.8) is 0 Å². The van der Waals surface area contributed by atoms with Gasteiger partial charge in [-0.25, -0.2) is 13.4 Å². The molecule has 0 radical (unpaired) electrons. The van der Waals surface area contributed by atoms with Crippen molar-refractivity contribution in [3.05, 3.63) is 52.1 Å². The first-order valence-electron chi connectivity index (χ1n) is 6.32. The maximum atomic E-state index is 12.4. The molecule has 0 aliphatic carbocycles. The van der Waals surface area contributed by atoms with Crippen LogP contribution in [0.1, 0.15) is 11.3 Å². The number of benzene rings is 1. The number of halogens is 1. The maximum absolute atomic E-state index is 12.4. The molecule has 0 spiro atoms. The average molecular weight is 370 g/mol. The van der Waals surface area contributed by atoms with E-state index in [0.29, 0.717) is 16.8 Å². The summed E-state index contributed by atoms with van der Waals surface area (Å²) < 4.78 is 27.8. The molecule has 0 atom stereocenters. The van der Waals surface area contributed by atoms with E-state index in [0.717, 1.165) is 11.3 Å². The summed E-state index contributed by atoms with van der Waals surface area (Å²) in [6.45, 7) is 2.48. The molecule has 0 fully saturated rings. The van der Waals surface area contributed by atoms with E-state index in [1.807, 2.05) is 7.05 Å². The maximum Gasteiger partial charge on any atom is 0.264 e. The van der Waals surface area contributed by atoms with Gasteiger partial charge in [-0.05, 0) is 59.7 Å². The van der Waals surface area contributed by atoms with Gasteiger partial charge in [-0.15, -0.1) is 0 Å². The fourth-order valence-electron chi connectivity index (χ4n) is 1.87. The highest BCUT2D eigenvalue weighted by Crippen LogP contribution is 2.25. The standard InChI is InChI=1S/C14H16BrN3O2S/c1-10-4-3-5-14(17-10)18-21(19,20)13-7-6-11(9-16-2)8-12(13)15/h3-8,16H,9H2,1-2H3,(H,17,18). The lowest BCUT2D eigenvalue weighted by Gasteiger charge is -2.10. The number of nitrogens with zero attached hydrogens (tertiary/aromatic N) is 1. The average Bonchev–Trinajstić information content (AvgIpc) is 2.38. The Kier molecular flexibility index (Phi) is 4.97. The Hall–Kier alpha value is -1.44. The number of aromatic nitrogens is 1. The van der Waals surface area contributed by atoms with Gasteiger partial charge in [0.25, 0.3) is 10.0 Å². The molecule has 0 aliphatic rings. The summed E-state index contributed by atoms with van der Waals surface area (Å²) in [5.74, 6) is 0.307. The summed E-state index contributed by atoms with van der Waals surface area (Å²) in [4.78, 5) is 4.33. The van der Waals surface area contributed by atoms with Gasteiger partial charge in [0.15, 0.2) is 0 Å². The minimum atomic E-state index is -3.67. The lowest BCUT2D eigenvalue weighted by atomic mass is 10.2. The fourth-order valence-corrected chi connectivity index (χ4v) is 4.00. The van der Waals surface area contributed by atoms with E-state index in [9.17, 15) is 8.42 Å². The molecule has 0 bridgehead atoms. The van der Waals surface area contributed by atoms with Crippen LogP contribution in [0.3, 0.4) is 0 Å². The number of sulfonamides is 1. The molecule has 7 heteroatoms. The summed E-state index contributed by atoms with van der Waals surface area (Å²) in [6, 6.07) is 10.3. The predicted octanol–water partition coefficient (Wildman–Crippen LogP) is 2.67. The molecule has 112 valence electrons. The molecule has 1 aromatic carbocycles. The van der Waals surface area contributed by atoms with E-state index >= 15 is 0 Å². The van der Waals surface area contributed by atoms with Crippen molar-refractivity contribution in [1.82, 2.24) is 10.3 Å². The highest BCUT2D eigenvalue weighted by atomic mass is 79.9. The monoisotopic (exact) mass is 369 g/mol. The van der Waals surface area contributed by atoms with Gasteiger partial charge in [0, 0.05) is 16.7 Å². The lowest BCUT2D eigenvalue weighted by molar-refractivity contribution is 0.600. The van der Waals surface area contributed by atoms with E-state index < -0.39 is 10.0 Å². The minimum Gasteiger partial charge on any atom is -0.316 e. The molecule has 0 saturated carbocycles. The van der Waals surface area contributed by atoms with Gasteiger partial charge in [-0.1, -0.05) is 12.1 Å². The van der Waals surface area contributed by atoms with Crippen LogP contribution in [0.25, 0.3) is 0 Å². The second-order valence-electron chi connectivity index (χ2n) is 4.56. The normalized spacial score (nSPS) is 11.4. The molecule has 0 amide bonds. The number of aryl methyl sites for hydroxylation is 1. The minimum absolute atomic E-state index is 0.186. The van der Waals surface area contributed by atoms with Crippen molar-refractivity contribution in [2.45, 2.75) is 18.4 Å². The van der Waals surface area contributed by atoms with Crippen LogP contribution in [-0.4, -0.2) is 20.4 Å². The smallest absolute Gasteiger partial charge is 0.264 e. The van der Waals surface area contributed by atoms with E-state index in [1.54, 1.807) is 43.3 Å². The third kappa shape index (κ3) is 4.03. The highest BCUT2D eigenvalue weighted by Gasteiger charge is 2.18. The molecule has 2 rings (SSSR count). The van der Waals surface area contributed by atoms with Crippen molar-refractivity contribution in [2.75, 3.05) is 11.8 Å². The topological polar surface area (TPSA) is 71.1 Å². The van der Waals surface area contributed by atoms with Gasteiger partial charge < -0.3 is 5.32 Å². The third-order valence-corrected chi connectivity index (χ3v) is 5.13. The number of rotatable bonds is 5. The lowest BCUT2D eigenvalue weighted by Crippen LogP contribution is -2.15. The number of nitrogens with one attached hydrogen (secondary N) is 2. The zero-order valence-corrected chi connectivity index (χ0v) is 14.1. The van der Waals surface area contributed by atoms with Crippen molar-refractivity contribution in [1.29, 1.82) is 0 Å². The van der Waals surface area contributed by atoms with Gasteiger partial charge in [0.05, 0.1) is 0 Å². The SMILES string of the molecule is CNCc1ccc(S(=O)(=O)Nc2cccc(C)n2)c(Br)c1. The summed E-state index contributed by atoms with van der Waals surface area (Å²) in [6.07, 6.45) is 0. The van der Waals surface area contributed by atoms with Crippen LogP contribution in [0.5, 0.6) is 0 Å². The van der Waals surface area contributed by atoms with Crippen molar-refractivity contribution >= 4 is 31.8 Å². The quantitative estimate of drug-likeness (QED) is 0.849. The number of hydrogen-bond acceptors (Lipinski definition) is 4. The zero-order valence-electron chi connectivity index (χ0n) is 11.7. The van der Waals surface area contributed by atoms with Crippen molar-refractivity contribution in [2.24, 2.45) is 0 Å². The molecule has 0 unspecified atom stereocenters. The van der Waals surface area contributed by atoms with Crippen molar-refractivity contribution in [3.8, 4) is 0 Å². The fraction of sp³-hybridized carbons (Fsp3) is 0.214. The zero-order chi connectivity index (χ0) is 15.5. The summed E-state index contributed by atoms with van der Waals surface area (Å²) in [5.41, 5.74) is 1.75. The molecular formula is C14H16BrN3O2S. The van der Waals surface area contributed by atoms with Gasteiger partial charge in [-0.3, -0.25) is 4.72 Å². The van der Waals surface area contributed by atoms with Crippen LogP contribution in [0.2, 0.25) is 0 Å². The molecule has 1 aromatic heterocycles. The predicted molar refractivity (Wildman–Crippen MR) is 86.7 cm³/mol. The Morgan fingerprint density at radius 3 is 2.62 bits per heavy atom. The summed E-state index contributed by atoms with van der Waals surface area (Å²) >= 11 is 3.31. The largest absolute Gasteiger partial charge is 0.316 e. The Labute approximate surface area is 133 Å². The van der Waals surface area contributed by atoms with E-state index in [4.69, 9.17) is 0 Å². The second kappa shape index (κ2) is 6.55. The Morgan fingerprint density at radius 2 is 2.00 bits per heavy atom. The molecule has 2 N–H and O–H groups in total. The Bertz CT molecular complexity index is 748. The first-order chi connectivity index (χ1) is 9.92. The molecule has 5 nitrogen and oxygen atoms in total. The van der Waals surface area contributed by atoms with Gasteiger partial charge >= 0.3 is 0 Å². The van der Waals surface area contributed by atoms with Gasteiger partial charge in [-0.2, -0.15) is 0 Å². The van der Waals surface area contributed by atoms with Crippen molar-refractivity contribution < 1.29 is 8.42 Å². The first-order valence-corrected chi connectivity index (χ1v) is 8.59. The van der Waals surface area contributed by atoms with Gasteiger partial charge in [0.1, 0.15) is 10.7 Å². The molecular weight excluding hydrogens is 354 g/mol. The van der Waals surface area contributed by atoms with Crippen LogP contribution in [0.15, 0.2) is 45.8 Å². The van der Waals surface area contributed by atoms with Crippen LogP contribution in [-0.2, 0) is 16.6 Å². The molecule has 21 heavy (non-hydrogen) atoms. The number of hydrogen-bond donors (Lipinski definition) is 2. The first kappa shape index (κ1) is 15.9. The second-order valence-corrected chi connectivity index (χ2v) is 7.07. The summed E-state index contributed by atoms with van der Waals surface area (Å²) in [5, 5.41) is 3.02. The van der Waals surface area contributed by atoms with E-state index in [2.05, 4.69) is 31.0 Å². The van der Waals surface area contributed by atoms with Crippen LogP contribution in [0.4, 0.5) is 5.82 Å². The van der Waals surface area contributed by atoms with Crippen LogP contribution in [0, 0.1) is 6.92 Å². The Morgan fingerprint density at radius 1 is 1.24 bits per heavy atom. The Balaban J connectivity index is 2.31. The van der Waals surface area contributed by atoms with Crippen LogP contribution >= 0.6 is 15.9 Å². The molecule has 2 aromatic rings. The number of pyridine rings is 1. The van der Waals surface area contributed by atoms with E-state index in [-0.39, 0.29) is 4.90 Å². The van der Waals surface area contributed by atoms with Gasteiger partial charge in [0.2, 0.25) is 0 Å². The molecule has 0 saturated heterocycles. The number of anilines is 1. The highest BCUT2D eigenvalue weighted by molar-refractivity contribution is 9.10. The van der Waals surface area contributed by atoms with E-state index in [1.165, 1.54) is 0 Å². The third-order valence-electron chi connectivity index (χ3n) is 2.79.